The fourth-order valence-electron chi connectivity index (χ4n) is 2.01. The Morgan fingerprint density at radius 2 is 2.44 bits per heavy atom. The van der Waals surface area contributed by atoms with Crippen molar-refractivity contribution in [3.05, 3.63) is 11.4 Å². The molecule has 4 N–H and O–H groups in total. The van der Waals surface area contributed by atoms with Crippen LogP contribution in [0.4, 0.5) is 5.69 Å². The summed E-state index contributed by atoms with van der Waals surface area (Å²) in [5.41, 5.74) is 6.11. The molecule has 2 heterocycles. The van der Waals surface area contributed by atoms with E-state index < -0.39 is 5.60 Å². The fourth-order valence-corrected chi connectivity index (χ4v) is 2.01. The maximum atomic E-state index is 12.0. The highest BCUT2D eigenvalue weighted by Gasteiger charge is 2.33. The van der Waals surface area contributed by atoms with Gasteiger partial charge < -0.3 is 20.9 Å². The second-order valence-electron chi connectivity index (χ2n) is 4.68. The van der Waals surface area contributed by atoms with E-state index in [1.54, 1.807) is 14.0 Å². The van der Waals surface area contributed by atoms with E-state index in [1.165, 1.54) is 4.68 Å². The predicted octanol–water partition coefficient (Wildman–Crippen LogP) is -0.808. The van der Waals surface area contributed by atoms with Gasteiger partial charge in [-0.15, -0.1) is 0 Å². The lowest BCUT2D eigenvalue weighted by molar-refractivity contribution is 0.0263. The summed E-state index contributed by atoms with van der Waals surface area (Å²) in [5.74, 6) is -0.337. The van der Waals surface area contributed by atoms with Gasteiger partial charge in [-0.25, -0.2) is 0 Å². The zero-order valence-electron chi connectivity index (χ0n) is 10.6. The molecule has 1 unspecified atom stereocenters. The number of aromatic nitrogens is 2. The van der Waals surface area contributed by atoms with Crippen LogP contribution in [-0.2, 0) is 11.8 Å². The molecule has 1 amide bonds. The lowest BCUT2D eigenvalue weighted by Gasteiger charge is -2.20. The summed E-state index contributed by atoms with van der Waals surface area (Å²) in [6.07, 6.45) is 0.521. The van der Waals surface area contributed by atoms with Crippen molar-refractivity contribution in [1.29, 1.82) is 0 Å². The maximum absolute atomic E-state index is 12.0. The number of rotatable bonds is 3. The Morgan fingerprint density at radius 1 is 1.72 bits per heavy atom. The number of anilines is 1. The normalized spacial score (nSPS) is 23.3. The smallest absolute Gasteiger partial charge is 0.271 e. The molecule has 1 fully saturated rings. The number of nitrogens with one attached hydrogen (secondary N) is 1. The molecule has 0 radical (unpaired) electrons. The third-order valence-electron chi connectivity index (χ3n) is 3.14. The Morgan fingerprint density at radius 3 is 2.94 bits per heavy atom. The number of nitrogens with two attached hydrogens (primary N) is 1. The number of aliphatic hydroxyl groups is 1. The van der Waals surface area contributed by atoms with Crippen LogP contribution in [0.3, 0.4) is 0 Å². The van der Waals surface area contributed by atoms with Crippen LogP contribution < -0.4 is 11.1 Å². The monoisotopic (exact) mass is 254 g/mol. The molecule has 18 heavy (non-hydrogen) atoms. The highest BCUT2D eigenvalue weighted by atomic mass is 16.5. The van der Waals surface area contributed by atoms with Crippen molar-refractivity contribution < 1.29 is 14.6 Å². The predicted molar refractivity (Wildman–Crippen MR) is 65.1 cm³/mol. The van der Waals surface area contributed by atoms with Gasteiger partial charge in [0.05, 0.1) is 18.0 Å². The van der Waals surface area contributed by atoms with Crippen LogP contribution in [0, 0.1) is 6.92 Å². The van der Waals surface area contributed by atoms with E-state index in [4.69, 9.17) is 10.5 Å². The number of hydrogen-bond acceptors (Lipinski definition) is 5. The number of carbonyl (C=O) groups excluding carboxylic acids is 1. The first-order chi connectivity index (χ1) is 8.43. The highest BCUT2D eigenvalue weighted by Crippen LogP contribution is 2.18. The van der Waals surface area contributed by atoms with Crippen molar-refractivity contribution in [3.63, 3.8) is 0 Å². The number of carbonyl (C=O) groups is 1. The van der Waals surface area contributed by atoms with Crippen LogP contribution in [-0.4, -0.2) is 46.2 Å². The fraction of sp³-hybridized carbons (Fsp3) is 0.636. The second kappa shape index (κ2) is 4.58. The maximum Gasteiger partial charge on any atom is 0.271 e. The Bertz CT molecular complexity index is 463. The van der Waals surface area contributed by atoms with Gasteiger partial charge in [0.1, 0.15) is 11.3 Å². The number of amides is 1. The molecule has 2 rings (SSSR count). The van der Waals surface area contributed by atoms with Crippen molar-refractivity contribution in [2.75, 3.05) is 25.5 Å². The van der Waals surface area contributed by atoms with Crippen LogP contribution >= 0.6 is 0 Å². The van der Waals surface area contributed by atoms with Gasteiger partial charge in [-0.3, -0.25) is 9.48 Å². The van der Waals surface area contributed by atoms with Gasteiger partial charge in [-0.1, -0.05) is 0 Å². The van der Waals surface area contributed by atoms with Crippen LogP contribution in [0.1, 0.15) is 22.6 Å². The first kappa shape index (κ1) is 12.8. The summed E-state index contributed by atoms with van der Waals surface area (Å²) >= 11 is 0. The minimum Gasteiger partial charge on any atom is -0.395 e. The summed E-state index contributed by atoms with van der Waals surface area (Å²) in [6, 6.07) is 0. The molecule has 0 spiro atoms. The SMILES string of the molecule is Cc1nn(C)c(C(=O)NCC2(O)CCOC2)c1N. The van der Waals surface area contributed by atoms with Gasteiger partial charge in [0.2, 0.25) is 0 Å². The van der Waals surface area contributed by atoms with Gasteiger partial charge >= 0.3 is 0 Å². The third-order valence-corrected chi connectivity index (χ3v) is 3.14. The van der Waals surface area contributed by atoms with Gasteiger partial charge in [0.25, 0.3) is 5.91 Å². The quantitative estimate of drug-likeness (QED) is 0.655. The standard InChI is InChI=1S/C11H18N4O3/c1-7-8(12)9(15(2)14-7)10(16)13-5-11(17)3-4-18-6-11/h17H,3-6,12H2,1-2H3,(H,13,16). The molecular formula is C11H18N4O3. The zero-order chi connectivity index (χ0) is 13.3. The molecule has 1 aliphatic rings. The number of aryl methyl sites for hydroxylation is 2. The van der Waals surface area contributed by atoms with E-state index in [1.807, 2.05) is 0 Å². The van der Waals surface area contributed by atoms with Crippen molar-refractivity contribution in [2.45, 2.75) is 18.9 Å². The van der Waals surface area contributed by atoms with Gasteiger partial charge in [-0.2, -0.15) is 5.10 Å². The third kappa shape index (κ3) is 2.32. The molecule has 1 aliphatic heterocycles. The Balaban J connectivity index is 2.04. The second-order valence-corrected chi connectivity index (χ2v) is 4.68. The molecule has 100 valence electrons. The van der Waals surface area contributed by atoms with E-state index in [9.17, 15) is 9.90 Å². The van der Waals surface area contributed by atoms with Gasteiger partial charge in [0.15, 0.2) is 0 Å². The van der Waals surface area contributed by atoms with Crippen molar-refractivity contribution in [3.8, 4) is 0 Å². The summed E-state index contributed by atoms with van der Waals surface area (Å²) in [5, 5.41) is 16.8. The average Bonchev–Trinajstić information content (AvgIpc) is 2.83. The van der Waals surface area contributed by atoms with Crippen LogP contribution in [0.2, 0.25) is 0 Å². The van der Waals surface area contributed by atoms with E-state index in [0.717, 1.165) is 0 Å². The molecule has 0 bridgehead atoms. The van der Waals surface area contributed by atoms with E-state index in [2.05, 4.69) is 10.4 Å². The van der Waals surface area contributed by atoms with Crippen LogP contribution in [0.15, 0.2) is 0 Å². The summed E-state index contributed by atoms with van der Waals surface area (Å²) in [4.78, 5) is 12.0. The number of nitrogen functional groups attached to an aromatic ring is 1. The Kier molecular flexibility index (Phi) is 3.27. The van der Waals surface area contributed by atoms with Crippen LogP contribution in [0.5, 0.6) is 0 Å². The zero-order valence-corrected chi connectivity index (χ0v) is 10.6. The van der Waals surface area contributed by atoms with Gasteiger partial charge in [0, 0.05) is 26.6 Å². The summed E-state index contributed by atoms with van der Waals surface area (Å²) in [7, 11) is 1.66. The van der Waals surface area contributed by atoms with E-state index >= 15 is 0 Å². The number of nitrogens with zero attached hydrogens (tertiary/aromatic N) is 2. The van der Waals surface area contributed by atoms with E-state index in [-0.39, 0.29) is 19.1 Å². The minimum absolute atomic E-state index is 0.148. The lowest BCUT2D eigenvalue weighted by atomic mass is 10.0. The molecule has 1 atom stereocenters. The molecule has 7 nitrogen and oxygen atoms in total. The summed E-state index contributed by atoms with van der Waals surface area (Å²) < 4.78 is 6.55. The Hall–Kier alpha value is -1.60. The number of ether oxygens (including phenoxy) is 1. The molecule has 7 heteroatoms. The molecular weight excluding hydrogens is 236 g/mol. The van der Waals surface area contributed by atoms with Crippen LogP contribution in [0.25, 0.3) is 0 Å². The first-order valence-corrected chi connectivity index (χ1v) is 5.80. The van der Waals surface area contributed by atoms with Crippen molar-refractivity contribution in [2.24, 2.45) is 7.05 Å². The molecule has 0 aliphatic carbocycles. The Labute approximate surface area is 105 Å². The molecule has 0 aromatic carbocycles. The van der Waals surface area contributed by atoms with Crippen molar-refractivity contribution in [1.82, 2.24) is 15.1 Å². The summed E-state index contributed by atoms with van der Waals surface area (Å²) in [6.45, 7) is 2.65. The molecule has 1 saturated heterocycles. The molecule has 1 aromatic heterocycles. The minimum atomic E-state index is -0.974. The largest absolute Gasteiger partial charge is 0.395 e. The van der Waals surface area contributed by atoms with E-state index in [0.29, 0.717) is 30.1 Å². The molecule has 1 aromatic rings. The lowest BCUT2D eigenvalue weighted by Crippen LogP contribution is -2.43. The first-order valence-electron chi connectivity index (χ1n) is 5.80. The molecule has 0 saturated carbocycles. The average molecular weight is 254 g/mol. The van der Waals surface area contributed by atoms with Gasteiger partial charge in [-0.05, 0) is 6.92 Å². The highest BCUT2D eigenvalue weighted by molar-refractivity contribution is 5.97. The van der Waals surface area contributed by atoms with Crippen molar-refractivity contribution >= 4 is 11.6 Å². The topological polar surface area (TPSA) is 102 Å². The number of hydrogen-bond donors (Lipinski definition) is 3.